The van der Waals surface area contributed by atoms with E-state index in [1.165, 1.54) is 0 Å². The predicted octanol–water partition coefficient (Wildman–Crippen LogP) is 0.158. The molecule has 0 saturated heterocycles. The van der Waals surface area contributed by atoms with Gasteiger partial charge in [-0.05, 0) is 0 Å². The molecule has 1 aliphatic rings. The molecule has 1 aliphatic heterocycles. The lowest BCUT2D eigenvalue weighted by atomic mass is 10.4. The van der Waals surface area contributed by atoms with Crippen molar-refractivity contribution in [1.29, 1.82) is 0 Å². The third-order valence-electron chi connectivity index (χ3n) is 1.08. The fraction of sp³-hybridized carbons (Fsp3) is 0.667. The highest BCUT2D eigenvalue weighted by molar-refractivity contribution is 6.31. The molecule has 0 fully saturated rings. The van der Waals surface area contributed by atoms with Gasteiger partial charge in [-0.25, -0.2) is 0 Å². The number of ether oxygens (including phenoxy) is 1. The molecule has 3 heteroatoms. The molecule has 50 valence electrons. The lowest BCUT2D eigenvalue weighted by Gasteiger charge is -2.02. The number of hydrogen-bond donors (Lipinski definition) is 0. The van der Waals surface area contributed by atoms with Crippen LogP contribution >= 0.6 is 0 Å². The van der Waals surface area contributed by atoms with Gasteiger partial charge < -0.3 is 4.74 Å². The van der Waals surface area contributed by atoms with Gasteiger partial charge in [0.15, 0.2) is 0 Å². The maximum Gasteiger partial charge on any atom is 0.0895 e. The molecule has 0 unspecified atom stereocenters. The molecule has 0 aromatic carbocycles. The van der Waals surface area contributed by atoms with Gasteiger partial charge in [0, 0.05) is 13.3 Å². The molecule has 3 nitrogen and oxygen atoms in total. The van der Waals surface area contributed by atoms with E-state index in [0.717, 1.165) is 18.8 Å². The number of rotatable bonds is 2. The molecule has 0 amide bonds. The number of aliphatic imine (C=N–C) groups is 2. The molecule has 0 bridgehead atoms. The molecule has 0 atom stereocenters. The van der Waals surface area contributed by atoms with Gasteiger partial charge in [-0.15, -0.1) is 0 Å². The topological polar surface area (TPSA) is 34.0 Å². The predicted molar refractivity (Wildman–Crippen MR) is 37.5 cm³/mol. The Morgan fingerprint density at radius 1 is 1.67 bits per heavy atom. The Morgan fingerprint density at radius 3 is 3.11 bits per heavy atom. The van der Waals surface area contributed by atoms with Gasteiger partial charge in [-0.3, -0.25) is 9.98 Å². The van der Waals surface area contributed by atoms with Gasteiger partial charge in [-0.1, -0.05) is 0 Å². The minimum atomic E-state index is 0.587. The molecule has 0 aromatic rings. The van der Waals surface area contributed by atoms with Crippen LogP contribution < -0.4 is 0 Å². The first-order valence-electron chi connectivity index (χ1n) is 2.95. The summed E-state index contributed by atoms with van der Waals surface area (Å²) in [6.07, 6.45) is 1.77. The largest absolute Gasteiger partial charge is 0.378 e. The van der Waals surface area contributed by atoms with Crippen molar-refractivity contribution < 1.29 is 4.74 Å². The molecule has 0 aliphatic carbocycles. The van der Waals surface area contributed by atoms with Gasteiger partial charge in [0.1, 0.15) is 0 Å². The Labute approximate surface area is 54.5 Å². The summed E-state index contributed by atoms with van der Waals surface area (Å²) in [6.45, 7) is 2.23. The summed E-state index contributed by atoms with van der Waals surface area (Å²) in [4.78, 5) is 8.20. The Hall–Kier alpha value is -0.700. The van der Waals surface area contributed by atoms with E-state index in [4.69, 9.17) is 4.74 Å². The molecule has 0 N–H and O–H groups in total. The second-order valence-corrected chi connectivity index (χ2v) is 1.84. The zero-order valence-electron chi connectivity index (χ0n) is 5.50. The van der Waals surface area contributed by atoms with Crippen LogP contribution in [-0.4, -0.2) is 38.7 Å². The number of methoxy groups -OCH3 is 1. The fourth-order valence-electron chi connectivity index (χ4n) is 0.693. The SMILES string of the molecule is COCC1=NCCN=C1. The van der Waals surface area contributed by atoms with E-state index < -0.39 is 0 Å². The lowest BCUT2D eigenvalue weighted by molar-refractivity contribution is 0.246. The highest BCUT2D eigenvalue weighted by atomic mass is 16.5. The van der Waals surface area contributed by atoms with Crippen molar-refractivity contribution in [2.75, 3.05) is 26.8 Å². The van der Waals surface area contributed by atoms with Crippen LogP contribution in [0.1, 0.15) is 0 Å². The van der Waals surface area contributed by atoms with E-state index in [2.05, 4.69) is 9.98 Å². The molecular formula is C6H10N2O. The quantitative estimate of drug-likeness (QED) is 0.519. The third-order valence-corrected chi connectivity index (χ3v) is 1.08. The zero-order valence-corrected chi connectivity index (χ0v) is 5.50. The van der Waals surface area contributed by atoms with E-state index in [1.807, 2.05) is 0 Å². The summed E-state index contributed by atoms with van der Waals surface area (Å²) < 4.78 is 4.86. The smallest absolute Gasteiger partial charge is 0.0895 e. The third kappa shape index (κ3) is 1.93. The molecule has 0 spiro atoms. The monoisotopic (exact) mass is 126 g/mol. The summed E-state index contributed by atoms with van der Waals surface area (Å²) in [7, 11) is 1.66. The van der Waals surface area contributed by atoms with Crippen molar-refractivity contribution in [3.05, 3.63) is 0 Å². The molecule has 1 heterocycles. The highest BCUT2D eigenvalue weighted by Crippen LogP contribution is 1.85. The van der Waals surface area contributed by atoms with Crippen molar-refractivity contribution in [2.24, 2.45) is 9.98 Å². The van der Waals surface area contributed by atoms with Crippen LogP contribution in [-0.2, 0) is 4.74 Å². The van der Waals surface area contributed by atoms with E-state index in [-0.39, 0.29) is 0 Å². The van der Waals surface area contributed by atoms with Crippen LogP contribution in [0.15, 0.2) is 9.98 Å². The Balaban J connectivity index is 2.38. The Morgan fingerprint density at radius 2 is 2.56 bits per heavy atom. The minimum absolute atomic E-state index is 0.587. The Kier molecular flexibility index (Phi) is 2.39. The molecule has 0 aromatic heterocycles. The Bertz CT molecular complexity index is 140. The summed E-state index contributed by atoms with van der Waals surface area (Å²) in [5.41, 5.74) is 0.948. The minimum Gasteiger partial charge on any atom is -0.378 e. The van der Waals surface area contributed by atoms with Crippen LogP contribution in [0.3, 0.4) is 0 Å². The van der Waals surface area contributed by atoms with Crippen LogP contribution in [0, 0.1) is 0 Å². The summed E-state index contributed by atoms with van der Waals surface area (Å²) in [5, 5.41) is 0. The average Bonchev–Trinajstić information content (AvgIpc) is 1.91. The second kappa shape index (κ2) is 3.35. The van der Waals surface area contributed by atoms with Crippen LogP contribution in [0.2, 0.25) is 0 Å². The summed E-state index contributed by atoms with van der Waals surface area (Å²) in [6, 6.07) is 0. The summed E-state index contributed by atoms with van der Waals surface area (Å²) >= 11 is 0. The molecular weight excluding hydrogens is 116 g/mol. The van der Waals surface area contributed by atoms with Crippen LogP contribution in [0.4, 0.5) is 0 Å². The van der Waals surface area contributed by atoms with E-state index in [0.29, 0.717) is 6.61 Å². The van der Waals surface area contributed by atoms with Gasteiger partial charge >= 0.3 is 0 Å². The first kappa shape index (κ1) is 6.42. The van der Waals surface area contributed by atoms with E-state index in [1.54, 1.807) is 13.3 Å². The van der Waals surface area contributed by atoms with Gasteiger partial charge in [0.25, 0.3) is 0 Å². The van der Waals surface area contributed by atoms with Crippen molar-refractivity contribution in [3.8, 4) is 0 Å². The average molecular weight is 126 g/mol. The highest BCUT2D eigenvalue weighted by Gasteiger charge is 1.96. The lowest BCUT2D eigenvalue weighted by Crippen LogP contribution is -2.13. The maximum absolute atomic E-state index is 4.86. The van der Waals surface area contributed by atoms with Crippen LogP contribution in [0.5, 0.6) is 0 Å². The standard InChI is InChI=1S/C6H10N2O/c1-9-5-6-4-7-2-3-8-6/h4H,2-3,5H2,1H3. The summed E-state index contributed by atoms with van der Waals surface area (Å²) in [5.74, 6) is 0. The number of hydrogen-bond acceptors (Lipinski definition) is 3. The molecule has 0 radical (unpaired) electrons. The first-order valence-corrected chi connectivity index (χ1v) is 2.95. The molecule has 1 rings (SSSR count). The van der Waals surface area contributed by atoms with Gasteiger partial charge in [0.05, 0.1) is 25.4 Å². The van der Waals surface area contributed by atoms with Crippen molar-refractivity contribution >= 4 is 11.9 Å². The number of nitrogens with zero attached hydrogens (tertiary/aromatic N) is 2. The van der Waals surface area contributed by atoms with Crippen molar-refractivity contribution in [2.45, 2.75) is 0 Å². The normalized spacial score (nSPS) is 17.7. The van der Waals surface area contributed by atoms with E-state index in [9.17, 15) is 0 Å². The van der Waals surface area contributed by atoms with Gasteiger partial charge in [0.2, 0.25) is 0 Å². The van der Waals surface area contributed by atoms with Crippen molar-refractivity contribution in [1.82, 2.24) is 0 Å². The second-order valence-electron chi connectivity index (χ2n) is 1.84. The first-order chi connectivity index (χ1) is 4.43. The molecule has 9 heavy (non-hydrogen) atoms. The molecule has 0 saturated carbocycles. The fourth-order valence-corrected chi connectivity index (χ4v) is 0.693. The van der Waals surface area contributed by atoms with Gasteiger partial charge in [-0.2, -0.15) is 0 Å². The van der Waals surface area contributed by atoms with Crippen LogP contribution in [0.25, 0.3) is 0 Å². The maximum atomic E-state index is 4.86. The zero-order chi connectivity index (χ0) is 6.53. The van der Waals surface area contributed by atoms with Crippen molar-refractivity contribution in [3.63, 3.8) is 0 Å². The van der Waals surface area contributed by atoms with E-state index >= 15 is 0 Å².